The summed E-state index contributed by atoms with van der Waals surface area (Å²) in [5, 5.41) is 0. The SMILES string of the molecule is CCC1O[C@@H](O[C@H]2CC[C@@]3(C)C(=CC[C@H]4[C@@H]5C[C@@H]6O[C@]7(CC[C@@H](C)CO7)[C@@H](C)[C@@H]6[C@@]5(C)CC[C@@H]43)C2)C(O[C@@H]2OC(C)[C@H](C)[C@H](C)C2OC(=O)c2ccccc2)[C@@H](C)[C@@H]1O[C@@H]1OC(C)[C@H](C)[C@H](C)C1OC(=O)c1ccccc1. The van der Waals surface area contributed by atoms with E-state index in [9.17, 15) is 9.59 Å². The number of allylic oxidation sites excluding steroid dienone is 1. The van der Waals surface area contributed by atoms with Crippen LogP contribution in [-0.4, -0.2) is 98.1 Å². The molecule has 2 aromatic rings. The first kappa shape index (κ1) is 55.7. The van der Waals surface area contributed by atoms with E-state index in [4.69, 9.17) is 47.4 Å². The van der Waals surface area contributed by atoms with Crippen molar-refractivity contribution in [3.05, 3.63) is 83.4 Å². The molecule has 12 nitrogen and oxygen atoms in total. The number of esters is 2. The topological polar surface area (TPSA) is 126 Å². The van der Waals surface area contributed by atoms with E-state index in [1.54, 1.807) is 24.3 Å². The number of fused-ring (bicyclic) bond motifs is 7. The smallest absolute Gasteiger partial charge is 0.338 e. The van der Waals surface area contributed by atoms with Crippen LogP contribution in [0.15, 0.2) is 72.3 Å². The third kappa shape index (κ3) is 10.0. The van der Waals surface area contributed by atoms with Gasteiger partial charge in [-0.2, -0.15) is 0 Å². The number of benzene rings is 2. The van der Waals surface area contributed by atoms with E-state index < -0.39 is 67.1 Å². The summed E-state index contributed by atoms with van der Waals surface area (Å²) in [6.45, 7) is 27.6. The van der Waals surface area contributed by atoms with Crippen LogP contribution in [0.5, 0.6) is 0 Å². The lowest BCUT2D eigenvalue weighted by molar-refractivity contribution is -0.373. The molecule has 5 saturated heterocycles. The van der Waals surface area contributed by atoms with Gasteiger partial charge in [-0.1, -0.05) is 117 Å². The van der Waals surface area contributed by atoms with Crippen molar-refractivity contribution in [2.24, 2.45) is 75.9 Å². The molecule has 1 spiro atoms. The monoisotopic (exact) mass is 1060 g/mol. The van der Waals surface area contributed by atoms with E-state index in [2.05, 4.69) is 89.2 Å². The Morgan fingerprint density at radius 2 is 1.21 bits per heavy atom. The van der Waals surface area contributed by atoms with Gasteiger partial charge in [0.15, 0.2) is 36.9 Å². The van der Waals surface area contributed by atoms with Gasteiger partial charge in [-0.15, -0.1) is 0 Å². The standard InChI is InChI=1S/C65H92O12/c1-13-51-54(75-60-55(38(5)36(3)42(9)69-60)73-58(66)44-20-16-14-17-21-44)40(7)57(76-61-56(39(6)37(4)43(10)70-61)74-59(67)45-22-18-15-19-23-45)62(72-51)71-47-27-29-63(11)46(32-47)24-25-48-49(63)28-30-64(12)50(48)33-52-53(64)41(8)65(77-52)31-26-35(2)34-68-65/h14-24,35-43,47-57,60-62H,13,25-34H2,1-12H3/t35-,36-,37-,38+,39+,40+,41+,42?,43?,47+,48-,49+,50+,51?,52+,53+,54+,55?,56?,57?,60+,61+,62-,63+,64+,65-/m1/s1. The van der Waals surface area contributed by atoms with Gasteiger partial charge in [0.25, 0.3) is 0 Å². The Kier molecular flexibility index (Phi) is 15.9. The van der Waals surface area contributed by atoms with Gasteiger partial charge in [0.2, 0.25) is 0 Å². The van der Waals surface area contributed by atoms with E-state index >= 15 is 0 Å². The number of ether oxygens (including phenoxy) is 10. The van der Waals surface area contributed by atoms with Crippen molar-refractivity contribution in [1.29, 1.82) is 0 Å². The first-order valence-electron chi connectivity index (χ1n) is 30.3. The van der Waals surface area contributed by atoms with Gasteiger partial charge < -0.3 is 47.4 Å². The van der Waals surface area contributed by atoms with Gasteiger partial charge in [0.1, 0.15) is 6.10 Å². The molecule has 8 fully saturated rings. The Hall–Kier alpha value is -3.20. The molecule has 3 saturated carbocycles. The zero-order valence-corrected chi connectivity index (χ0v) is 48.3. The summed E-state index contributed by atoms with van der Waals surface area (Å²) < 4.78 is 69.0. The van der Waals surface area contributed by atoms with Gasteiger partial charge in [-0.3, -0.25) is 0 Å². The molecule has 77 heavy (non-hydrogen) atoms. The average Bonchev–Trinajstić information content (AvgIpc) is 4.07. The first-order chi connectivity index (χ1) is 36.8. The van der Waals surface area contributed by atoms with Crippen molar-refractivity contribution >= 4 is 11.9 Å². The second-order valence-corrected chi connectivity index (χ2v) is 26.6. The fourth-order valence-electron chi connectivity index (χ4n) is 17.1. The minimum Gasteiger partial charge on any atom is -0.453 e. The lowest BCUT2D eigenvalue weighted by atomic mass is 9.47. The maximum absolute atomic E-state index is 13.9. The summed E-state index contributed by atoms with van der Waals surface area (Å²) in [6.07, 6.45) is 7.17. The molecule has 2 aromatic carbocycles. The van der Waals surface area contributed by atoms with Crippen LogP contribution in [0.25, 0.3) is 0 Å². The van der Waals surface area contributed by atoms with Gasteiger partial charge in [0.05, 0.1) is 54.4 Å². The molecule has 6 unspecified atom stereocenters. The lowest BCUT2D eigenvalue weighted by Crippen LogP contribution is -2.62. The maximum Gasteiger partial charge on any atom is 0.338 e. The molecule has 5 aliphatic heterocycles. The number of hydrogen-bond donors (Lipinski definition) is 0. The van der Waals surface area contributed by atoms with Crippen LogP contribution in [0.4, 0.5) is 0 Å². The maximum atomic E-state index is 13.9. The zero-order valence-electron chi connectivity index (χ0n) is 48.3. The number of carbonyl (C=O) groups excluding carboxylic acids is 2. The highest BCUT2D eigenvalue weighted by Gasteiger charge is 2.69. The van der Waals surface area contributed by atoms with Crippen molar-refractivity contribution in [3.8, 4) is 0 Å². The summed E-state index contributed by atoms with van der Waals surface area (Å²) in [5.41, 5.74) is 2.82. The quantitative estimate of drug-likeness (QED) is 0.157. The molecule has 9 aliphatic rings. The molecular formula is C65H92O12. The van der Waals surface area contributed by atoms with E-state index in [1.807, 2.05) is 36.4 Å². The van der Waals surface area contributed by atoms with Crippen LogP contribution < -0.4 is 0 Å². The molecule has 11 rings (SSSR count). The lowest BCUT2D eigenvalue weighted by Gasteiger charge is -2.59. The van der Waals surface area contributed by atoms with Crippen molar-refractivity contribution in [2.75, 3.05) is 6.61 Å². The fourth-order valence-corrected chi connectivity index (χ4v) is 17.1. The van der Waals surface area contributed by atoms with Crippen LogP contribution in [0.2, 0.25) is 0 Å². The molecule has 424 valence electrons. The summed E-state index contributed by atoms with van der Waals surface area (Å²) >= 11 is 0. The minimum absolute atomic E-state index is 0.0666. The van der Waals surface area contributed by atoms with E-state index in [1.165, 1.54) is 24.8 Å². The van der Waals surface area contributed by atoms with Gasteiger partial charge in [-0.05, 0) is 148 Å². The van der Waals surface area contributed by atoms with E-state index in [0.717, 1.165) is 45.1 Å². The highest BCUT2D eigenvalue weighted by atomic mass is 16.8. The van der Waals surface area contributed by atoms with Gasteiger partial charge >= 0.3 is 11.9 Å². The normalized spacial score (nSPS) is 48.4. The van der Waals surface area contributed by atoms with E-state index in [-0.39, 0.29) is 64.8 Å². The number of hydrogen-bond acceptors (Lipinski definition) is 12. The minimum atomic E-state index is -0.922. The Balaban J connectivity index is 0.850. The van der Waals surface area contributed by atoms with Crippen LogP contribution >= 0.6 is 0 Å². The third-order valence-electron chi connectivity index (χ3n) is 22.5. The molecule has 0 N–H and O–H groups in total. The summed E-state index contributed by atoms with van der Waals surface area (Å²) in [7, 11) is 0. The first-order valence-corrected chi connectivity index (χ1v) is 30.3. The predicted molar refractivity (Wildman–Crippen MR) is 291 cm³/mol. The van der Waals surface area contributed by atoms with Crippen LogP contribution in [0.3, 0.4) is 0 Å². The Bertz CT molecular complexity index is 2410. The highest BCUT2D eigenvalue weighted by molar-refractivity contribution is 5.90. The molecule has 0 radical (unpaired) electrons. The highest BCUT2D eigenvalue weighted by Crippen LogP contribution is 2.71. The number of rotatable bonds is 11. The van der Waals surface area contributed by atoms with Crippen molar-refractivity contribution in [1.82, 2.24) is 0 Å². The fraction of sp³-hybridized carbons (Fsp3) is 0.754. The summed E-state index contributed by atoms with van der Waals surface area (Å²) in [4.78, 5) is 27.6. The van der Waals surface area contributed by atoms with Crippen LogP contribution in [0.1, 0.15) is 168 Å². The Morgan fingerprint density at radius 1 is 0.623 bits per heavy atom. The summed E-state index contributed by atoms with van der Waals surface area (Å²) in [5.74, 6) is 1.89. The molecular weight excluding hydrogens is 973 g/mol. The predicted octanol–water partition coefficient (Wildman–Crippen LogP) is 12.8. The number of carbonyl (C=O) groups is 2. The van der Waals surface area contributed by atoms with Crippen LogP contribution in [-0.2, 0) is 47.4 Å². The Labute approximate surface area is 460 Å². The van der Waals surface area contributed by atoms with Gasteiger partial charge in [-0.25, -0.2) is 9.59 Å². The average molecular weight is 1070 g/mol. The van der Waals surface area contributed by atoms with E-state index in [0.29, 0.717) is 53.1 Å². The molecule has 0 aromatic heterocycles. The summed E-state index contributed by atoms with van der Waals surface area (Å²) in [6, 6.07) is 18.2. The molecule has 26 atom stereocenters. The molecule has 5 heterocycles. The zero-order chi connectivity index (χ0) is 54.3. The van der Waals surface area contributed by atoms with Crippen molar-refractivity contribution in [2.45, 2.75) is 227 Å². The second-order valence-electron chi connectivity index (χ2n) is 26.6. The van der Waals surface area contributed by atoms with Gasteiger partial charge in [0, 0.05) is 30.1 Å². The van der Waals surface area contributed by atoms with Crippen molar-refractivity contribution in [3.63, 3.8) is 0 Å². The van der Waals surface area contributed by atoms with Crippen molar-refractivity contribution < 1.29 is 57.0 Å². The molecule has 4 aliphatic carbocycles. The Morgan fingerprint density at radius 3 is 1.78 bits per heavy atom. The molecule has 0 bridgehead atoms. The molecule has 0 amide bonds. The molecule has 12 heteroatoms. The third-order valence-corrected chi connectivity index (χ3v) is 22.5. The van der Waals surface area contributed by atoms with Crippen LogP contribution in [0, 0.1) is 75.9 Å². The largest absolute Gasteiger partial charge is 0.453 e. The second kappa shape index (κ2) is 21.9.